The number of aryl methyl sites for hydroxylation is 1. The average molecular weight is 369 g/mol. The van der Waals surface area contributed by atoms with Crippen molar-refractivity contribution in [3.05, 3.63) is 34.3 Å². The van der Waals surface area contributed by atoms with E-state index in [1.165, 1.54) is 0 Å². The van der Waals surface area contributed by atoms with Gasteiger partial charge in [0.1, 0.15) is 23.1 Å². The number of aromatic nitrogens is 2. The molecule has 2 aromatic rings. The molecule has 6 heteroatoms. The van der Waals surface area contributed by atoms with E-state index in [-0.39, 0.29) is 5.91 Å². The van der Waals surface area contributed by atoms with Crippen LogP contribution in [0.4, 0.5) is 5.82 Å². The quantitative estimate of drug-likeness (QED) is 0.848. The Morgan fingerprint density at radius 3 is 2.78 bits per heavy atom. The number of phenolic OH excluding ortho intramolecular Hbond substituents is 1. The topological polar surface area (TPSA) is 76.4 Å². The molecule has 2 N–H and O–H groups in total. The number of rotatable bonds is 2. The van der Waals surface area contributed by atoms with Gasteiger partial charge in [0.25, 0.3) is 5.91 Å². The molecular weight excluding hydrogens is 342 g/mol. The smallest absolute Gasteiger partial charge is 0.269 e. The highest BCUT2D eigenvalue weighted by molar-refractivity contribution is 5.97. The molecule has 0 aliphatic carbocycles. The highest BCUT2D eigenvalue weighted by Crippen LogP contribution is 2.43. The first-order chi connectivity index (χ1) is 12.8. The lowest BCUT2D eigenvalue weighted by Gasteiger charge is -2.36. The van der Waals surface area contributed by atoms with Crippen molar-refractivity contribution in [1.82, 2.24) is 9.55 Å². The van der Waals surface area contributed by atoms with Gasteiger partial charge in [0.2, 0.25) is 0 Å². The number of benzene rings is 1. The molecule has 0 saturated heterocycles. The van der Waals surface area contributed by atoms with Crippen molar-refractivity contribution in [2.75, 3.05) is 5.32 Å². The van der Waals surface area contributed by atoms with Gasteiger partial charge in [-0.2, -0.15) is 0 Å². The van der Waals surface area contributed by atoms with Crippen molar-refractivity contribution in [2.24, 2.45) is 0 Å². The predicted octanol–water partition coefficient (Wildman–Crippen LogP) is 3.57. The highest BCUT2D eigenvalue weighted by atomic mass is 16.5. The summed E-state index contributed by atoms with van der Waals surface area (Å²) in [5.74, 6) is 2.70. The summed E-state index contributed by atoms with van der Waals surface area (Å²) in [5, 5.41) is 13.4. The van der Waals surface area contributed by atoms with E-state index in [1.807, 2.05) is 27.7 Å². The summed E-state index contributed by atoms with van der Waals surface area (Å²) in [7, 11) is 0. The van der Waals surface area contributed by atoms with Crippen molar-refractivity contribution in [2.45, 2.75) is 71.9 Å². The Morgan fingerprint density at radius 1 is 1.22 bits per heavy atom. The van der Waals surface area contributed by atoms with Crippen LogP contribution < -0.4 is 10.1 Å². The van der Waals surface area contributed by atoms with Gasteiger partial charge in [-0.15, -0.1) is 0 Å². The van der Waals surface area contributed by atoms with E-state index in [2.05, 4.69) is 14.9 Å². The number of carbonyl (C=O) groups excluding carboxylic acids is 1. The third-order valence-corrected chi connectivity index (χ3v) is 6.21. The molecule has 27 heavy (non-hydrogen) atoms. The van der Waals surface area contributed by atoms with Gasteiger partial charge >= 0.3 is 0 Å². The fourth-order valence-corrected chi connectivity index (χ4v) is 4.17. The Morgan fingerprint density at radius 2 is 2.00 bits per heavy atom. The van der Waals surface area contributed by atoms with Crippen molar-refractivity contribution in [1.29, 1.82) is 0 Å². The number of anilines is 1. The van der Waals surface area contributed by atoms with Crippen LogP contribution in [0, 0.1) is 20.8 Å². The standard InChI is InChI=1S/C21H27N3O3/c1-12-13(2)19-15(14(3)18(12)25)8-9-21(4,27-19)20(26)23-17-11-22-16-7-5-6-10-24(16)17/h11,25H,5-10H2,1-4H3,(H,23,26). The number of hydrogen-bond acceptors (Lipinski definition) is 4. The summed E-state index contributed by atoms with van der Waals surface area (Å²) >= 11 is 0. The maximum Gasteiger partial charge on any atom is 0.269 e. The van der Waals surface area contributed by atoms with Crippen LogP contribution in [0.5, 0.6) is 11.5 Å². The Labute approximate surface area is 159 Å². The van der Waals surface area contributed by atoms with Gasteiger partial charge in [-0.3, -0.25) is 4.79 Å². The molecule has 1 unspecified atom stereocenters. The molecule has 1 aromatic carbocycles. The van der Waals surface area contributed by atoms with Crippen LogP contribution >= 0.6 is 0 Å². The van der Waals surface area contributed by atoms with Gasteiger partial charge in [0, 0.05) is 24.9 Å². The zero-order chi connectivity index (χ0) is 19.3. The van der Waals surface area contributed by atoms with Gasteiger partial charge in [0.15, 0.2) is 5.60 Å². The normalized spacial score (nSPS) is 21.2. The first-order valence-electron chi connectivity index (χ1n) is 9.68. The van der Waals surface area contributed by atoms with E-state index in [0.29, 0.717) is 18.6 Å². The first-order valence-corrected chi connectivity index (χ1v) is 9.68. The SMILES string of the molecule is Cc1c(C)c2c(c(C)c1O)CCC(C)(C(=O)Nc1cnc3n1CCCC3)O2. The van der Waals surface area contributed by atoms with Crippen LogP contribution in [-0.4, -0.2) is 26.2 Å². The molecule has 4 rings (SSSR count). The Bertz CT molecular complexity index is 931. The Hall–Kier alpha value is -2.50. The van der Waals surface area contributed by atoms with E-state index in [4.69, 9.17) is 4.74 Å². The largest absolute Gasteiger partial charge is 0.507 e. The van der Waals surface area contributed by atoms with Crippen LogP contribution in [-0.2, 0) is 24.2 Å². The maximum absolute atomic E-state index is 13.1. The monoisotopic (exact) mass is 369 g/mol. The second kappa shape index (κ2) is 6.29. The second-order valence-corrected chi connectivity index (χ2v) is 7.99. The van der Waals surface area contributed by atoms with Crippen LogP contribution in [0.3, 0.4) is 0 Å². The van der Waals surface area contributed by atoms with Crippen LogP contribution in [0.2, 0.25) is 0 Å². The molecule has 1 aromatic heterocycles. The highest BCUT2D eigenvalue weighted by Gasteiger charge is 2.41. The van der Waals surface area contributed by atoms with E-state index in [9.17, 15) is 9.90 Å². The molecule has 2 aliphatic heterocycles. The summed E-state index contributed by atoms with van der Waals surface area (Å²) in [4.78, 5) is 17.5. The molecule has 1 atom stereocenters. The molecule has 0 bridgehead atoms. The molecule has 3 heterocycles. The van der Waals surface area contributed by atoms with Crippen LogP contribution in [0.15, 0.2) is 6.20 Å². The van der Waals surface area contributed by atoms with E-state index >= 15 is 0 Å². The summed E-state index contributed by atoms with van der Waals surface area (Å²) < 4.78 is 8.37. The number of imidazole rings is 1. The molecular formula is C21H27N3O3. The first kappa shape index (κ1) is 17.9. The van der Waals surface area contributed by atoms with Crippen LogP contribution in [0.1, 0.15) is 54.3 Å². The van der Waals surface area contributed by atoms with Gasteiger partial charge in [0.05, 0.1) is 6.20 Å². The van der Waals surface area contributed by atoms with Crippen molar-refractivity contribution >= 4 is 11.7 Å². The maximum atomic E-state index is 13.1. The van der Waals surface area contributed by atoms with Gasteiger partial charge in [-0.25, -0.2) is 4.98 Å². The van der Waals surface area contributed by atoms with Gasteiger partial charge in [-0.05, 0) is 63.6 Å². The zero-order valence-electron chi connectivity index (χ0n) is 16.5. The number of fused-ring (bicyclic) bond motifs is 2. The van der Waals surface area contributed by atoms with Crippen molar-refractivity contribution in [3.63, 3.8) is 0 Å². The number of phenols is 1. The second-order valence-electron chi connectivity index (χ2n) is 7.99. The molecule has 1 amide bonds. The van der Waals surface area contributed by atoms with Gasteiger partial charge < -0.3 is 19.7 Å². The summed E-state index contributed by atoms with van der Waals surface area (Å²) in [6.07, 6.45) is 6.22. The molecule has 0 saturated carbocycles. The predicted molar refractivity (Wildman–Crippen MR) is 103 cm³/mol. The minimum absolute atomic E-state index is 0.149. The summed E-state index contributed by atoms with van der Waals surface area (Å²) in [6.45, 7) is 8.46. The summed E-state index contributed by atoms with van der Waals surface area (Å²) in [5.41, 5.74) is 2.60. The van der Waals surface area contributed by atoms with Crippen molar-refractivity contribution in [3.8, 4) is 11.5 Å². The van der Waals surface area contributed by atoms with E-state index in [1.54, 1.807) is 6.20 Å². The molecule has 0 radical (unpaired) electrons. The number of amides is 1. The number of nitrogens with one attached hydrogen (secondary N) is 1. The zero-order valence-corrected chi connectivity index (χ0v) is 16.5. The fourth-order valence-electron chi connectivity index (χ4n) is 4.17. The lowest BCUT2D eigenvalue weighted by molar-refractivity contribution is -0.131. The number of ether oxygens (including phenoxy) is 1. The van der Waals surface area contributed by atoms with E-state index in [0.717, 1.165) is 65.5 Å². The van der Waals surface area contributed by atoms with Crippen LogP contribution in [0.25, 0.3) is 0 Å². The molecule has 144 valence electrons. The summed E-state index contributed by atoms with van der Waals surface area (Å²) in [6, 6.07) is 0. The van der Waals surface area contributed by atoms with E-state index < -0.39 is 5.60 Å². The average Bonchev–Trinajstić information content (AvgIpc) is 3.07. The molecule has 0 fully saturated rings. The molecule has 2 aliphatic rings. The number of nitrogens with zero attached hydrogens (tertiary/aromatic N) is 2. The fraction of sp³-hybridized carbons (Fsp3) is 0.524. The number of aromatic hydroxyl groups is 1. The molecule has 6 nitrogen and oxygen atoms in total. The van der Waals surface area contributed by atoms with Crippen molar-refractivity contribution < 1.29 is 14.6 Å². The Kier molecular flexibility index (Phi) is 4.17. The van der Waals surface area contributed by atoms with Gasteiger partial charge in [-0.1, -0.05) is 0 Å². The third kappa shape index (κ3) is 2.78. The lowest BCUT2D eigenvalue weighted by atomic mass is 9.86. The number of hydrogen-bond donors (Lipinski definition) is 2. The minimum atomic E-state index is -0.951. The molecule has 0 spiro atoms. The lowest BCUT2D eigenvalue weighted by Crippen LogP contribution is -2.48. The minimum Gasteiger partial charge on any atom is -0.507 e. The third-order valence-electron chi connectivity index (χ3n) is 6.21. The number of carbonyl (C=O) groups is 1. The Balaban J connectivity index is 1.62.